The number of pyridine rings is 1. The van der Waals surface area contributed by atoms with Crippen LogP contribution in [0.3, 0.4) is 0 Å². The predicted octanol–water partition coefficient (Wildman–Crippen LogP) is 5.54. The molecular weight excluding hydrogens is 497 g/mol. The number of aryl methyl sites for hydroxylation is 3. The van der Waals surface area contributed by atoms with E-state index in [1.54, 1.807) is 30.2 Å². The summed E-state index contributed by atoms with van der Waals surface area (Å²) in [5.74, 6) is 1.02. The number of alkyl halides is 1. The average Bonchev–Trinajstić information content (AvgIpc) is 3.29. The van der Waals surface area contributed by atoms with Crippen LogP contribution >= 0.6 is 0 Å². The van der Waals surface area contributed by atoms with Crippen molar-refractivity contribution in [1.82, 2.24) is 24.6 Å². The van der Waals surface area contributed by atoms with Crippen molar-refractivity contribution in [2.75, 3.05) is 6.54 Å². The van der Waals surface area contributed by atoms with Gasteiger partial charge in [0.15, 0.2) is 0 Å². The summed E-state index contributed by atoms with van der Waals surface area (Å²) in [7, 11) is 1.67. The summed E-state index contributed by atoms with van der Waals surface area (Å²) < 4.78 is 24.5. The van der Waals surface area contributed by atoms with Gasteiger partial charge in [-0.3, -0.25) is 14.3 Å². The molecule has 39 heavy (non-hydrogen) atoms. The fourth-order valence-electron chi connectivity index (χ4n) is 5.08. The number of hydrogen-bond acceptors (Lipinski definition) is 4. The van der Waals surface area contributed by atoms with Crippen LogP contribution in [0.4, 0.5) is 4.39 Å². The number of aromatic amines is 1. The molecule has 1 aliphatic carbocycles. The van der Waals surface area contributed by atoms with Crippen LogP contribution in [0.5, 0.6) is 11.5 Å². The van der Waals surface area contributed by atoms with E-state index >= 15 is 0 Å². The van der Waals surface area contributed by atoms with Gasteiger partial charge in [0.2, 0.25) is 0 Å². The molecule has 1 aliphatic rings. The number of halogens is 1. The second-order valence-corrected chi connectivity index (χ2v) is 10.5. The molecule has 6 rings (SSSR count). The molecule has 8 nitrogen and oxygen atoms in total. The number of H-pyrrole nitrogens is 1. The quantitative estimate of drug-likeness (QED) is 0.290. The topological polar surface area (TPSA) is 93.9 Å². The molecule has 0 radical (unpaired) electrons. The predicted molar refractivity (Wildman–Crippen MR) is 149 cm³/mol. The molecule has 9 heteroatoms. The number of rotatable bonds is 7. The van der Waals surface area contributed by atoms with Crippen molar-refractivity contribution < 1.29 is 13.9 Å². The molecule has 2 aromatic carbocycles. The zero-order valence-corrected chi connectivity index (χ0v) is 22.4. The number of benzene rings is 2. The van der Waals surface area contributed by atoms with Crippen LogP contribution < -0.4 is 15.6 Å². The molecule has 5 aromatic rings. The smallest absolute Gasteiger partial charge is 0.274 e. The van der Waals surface area contributed by atoms with E-state index in [4.69, 9.17) is 4.74 Å². The number of ether oxygens (including phenoxy) is 1. The van der Waals surface area contributed by atoms with Crippen molar-refractivity contribution >= 4 is 27.7 Å². The summed E-state index contributed by atoms with van der Waals surface area (Å²) in [5.41, 5.74) is 3.29. The zero-order chi connectivity index (χ0) is 27.5. The molecule has 3 heterocycles. The van der Waals surface area contributed by atoms with Gasteiger partial charge in [0, 0.05) is 41.7 Å². The van der Waals surface area contributed by atoms with E-state index in [-0.39, 0.29) is 18.0 Å². The average molecular weight is 528 g/mol. The van der Waals surface area contributed by atoms with E-state index in [0.717, 1.165) is 27.8 Å². The number of hydrogen-bond donors (Lipinski definition) is 2. The summed E-state index contributed by atoms with van der Waals surface area (Å²) in [6.07, 6.45) is 4.53. The summed E-state index contributed by atoms with van der Waals surface area (Å²) in [5, 5.41) is 8.68. The second-order valence-electron chi connectivity index (χ2n) is 10.5. The van der Waals surface area contributed by atoms with Crippen LogP contribution in [0.2, 0.25) is 0 Å². The van der Waals surface area contributed by atoms with E-state index < -0.39 is 5.67 Å². The third-order valence-corrected chi connectivity index (χ3v) is 7.43. The highest BCUT2D eigenvalue weighted by Crippen LogP contribution is 2.44. The Balaban J connectivity index is 1.61. The Morgan fingerprint density at radius 3 is 2.62 bits per heavy atom. The van der Waals surface area contributed by atoms with Gasteiger partial charge in [0.1, 0.15) is 28.4 Å². The lowest BCUT2D eigenvalue weighted by Crippen LogP contribution is -2.23. The Morgan fingerprint density at radius 1 is 1.18 bits per heavy atom. The minimum Gasteiger partial charge on any atom is -0.456 e. The molecule has 3 aromatic heterocycles. The summed E-state index contributed by atoms with van der Waals surface area (Å²) in [6, 6.07) is 11.5. The molecule has 0 saturated heterocycles. The van der Waals surface area contributed by atoms with E-state index in [1.807, 2.05) is 51.1 Å². The molecular formula is C30H30FN5O3. The Labute approximate surface area is 224 Å². The molecule has 0 bridgehead atoms. The number of fused-ring (bicyclic) bond motifs is 2. The van der Waals surface area contributed by atoms with Crippen LogP contribution in [0.1, 0.15) is 41.4 Å². The molecule has 0 aliphatic heterocycles. The van der Waals surface area contributed by atoms with Crippen LogP contribution in [0.15, 0.2) is 53.6 Å². The zero-order valence-electron chi connectivity index (χ0n) is 22.4. The van der Waals surface area contributed by atoms with Crippen LogP contribution in [-0.2, 0) is 13.6 Å². The highest BCUT2D eigenvalue weighted by molar-refractivity contribution is 6.04. The lowest BCUT2D eigenvalue weighted by Gasteiger charge is -2.17. The van der Waals surface area contributed by atoms with Gasteiger partial charge >= 0.3 is 0 Å². The number of carbonyl (C=O) groups excluding carboxylic acids is 1. The monoisotopic (exact) mass is 527 g/mol. The van der Waals surface area contributed by atoms with Crippen LogP contribution in [-0.4, -0.2) is 37.5 Å². The van der Waals surface area contributed by atoms with E-state index in [1.165, 1.54) is 4.57 Å². The molecule has 0 spiro atoms. The van der Waals surface area contributed by atoms with Crippen molar-refractivity contribution in [3.63, 3.8) is 0 Å². The molecule has 0 unspecified atom stereocenters. The molecule has 200 valence electrons. The first-order chi connectivity index (χ1) is 18.7. The maximum Gasteiger partial charge on any atom is 0.274 e. The van der Waals surface area contributed by atoms with Crippen molar-refractivity contribution in [2.24, 2.45) is 7.05 Å². The number of para-hydroxylation sites is 1. The first-order valence-electron chi connectivity index (χ1n) is 13.1. The molecule has 2 N–H and O–H groups in total. The molecule has 1 amide bonds. The molecule has 0 atom stereocenters. The van der Waals surface area contributed by atoms with Crippen LogP contribution in [0.25, 0.3) is 32.9 Å². The largest absolute Gasteiger partial charge is 0.456 e. The van der Waals surface area contributed by atoms with Crippen molar-refractivity contribution in [2.45, 2.75) is 45.8 Å². The first kappa shape index (κ1) is 24.9. The minimum atomic E-state index is -1.22. The van der Waals surface area contributed by atoms with E-state index in [2.05, 4.69) is 15.4 Å². The Kier molecular flexibility index (Phi) is 5.82. The summed E-state index contributed by atoms with van der Waals surface area (Å²) in [4.78, 5) is 28.7. The number of carbonyl (C=O) groups is 1. The number of aromatic nitrogens is 4. The number of nitrogens with zero attached hydrogens (tertiary/aromatic N) is 3. The Bertz CT molecular complexity index is 1810. The SMILES string of the molecule is CCNC(=O)c1cc2c(-c3cc4c(cnn4CC4(F)CC4)cc3Oc3c(C)cccc3C)cn(C)c(=O)c2[nH]1. The third-order valence-electron chi connectivity index (χ3n) is 7.43. The van der Waals surface area contributed by atoms with E-state index in [9.17, 15) is 14.0 Å². The third kappa shape index (κ3) is 4.37. The van der Waals surface area contributed by atoms with Gasteiger partial charge in [0.25, 0.3) is 11.5 Å². The Morgan fingerprint density at radius 2 is 1.92 bits per heavy atom. The number of nitrogens with one attached hydrogen (secondary N) is 2. The normalized spacial score (nSPS) is 14.2. The first-order valence-corrected chi connectivity index (χ1v) is 13.1. The fraction of sp³-hybridized carbons (Fsp3) is 0.300. The Hall–Kier alpha value is -4.40. The van der Waals surface area contributed by atoms with Crippen LogP contribution in [0, 0.1) is 13.8 Å². The van der Waals surface area contributed by atoms with Crippen molar-refractivity contribution in [3.8, 4) is 22.6 Å². The number of amides is 1. The molecule has 1 saturated carbocycles. The molecule has 1 fully saturated rings. The van der Waals surface area contributed by atoms with Gasteiger partial charge in [-0.15, -0.1) is 0 Å². The van der Waals surface area contributed by atoms with Gasteiger partial charge in [-0.25, -0.2) is 4.39 Å². The van der Waals surface area contributed by atoms with Gasteiger partial charge < -0.3 is 19.6 Å². The summed E-state index contributed by atoms with van der Waals surface area (Å²) >= 11 is 0. The highest BCUT2D eigenvalue weighted by atomic mass is 19.1. The second kappa shape index (κ2) is 9.11. The van der Waals surface area contributed by atoms with Crippen molar-refractivity contribution in [3.05, 3.63) is 76.0 Å². The highest BCUT2D eigenvalue weighted by Gasteiger charge is 2.44. The maximum absolute atomic E-state index is 14.8. The van der Waals surface area contributed by atoms with E-state index in [0.29, 0.717) is 52.9 Å². The fourth-order valence-corrected chi connectivity index (χ4v) is 5.08. The van der Waals surface area contributed by atoms with Gasteiger partial charge in [-0.05, 0) is 62.9 Å². The van der Waals surface area contributed by atoms with Gasteiger partial charge in [0.05, 0.1) is 18.3 Å². The lowest BCUT2D eigenvalue weighted by atomic mass is 10.0. The van der Waals surface area contributed by atoms with Crippen molar-refractivity contribution in [1.29, 1.82) is 0 Å². The summed E-state index contributed by atoms with van der Waals surface area (Å²) in [6.45, 7) is 6.46. The van der Waals surface area contributed by atoms with Gasteiger partial charge in [-0.1, -0.05) is 18.2 Å². The lowest BCUT2D eigenvalue weighted by molar-refractivity contribution is 0.0951. The maximum atomic E-state index is 14.8. The minimum absolute atomic E-state index is 0.182. The van der Waals surface area contributed by atoms with Gasteiger partial charge in [-0.2, -0.15) is 5.10 Å². The standard InChI is InChI=1S/C30H30FN5O3/c1-5-32-28(37)23-12-21-22(15-35(4)29(38)26(21)34-23)20-13-24-19(14-33-36(24)16-30(31)9-10-30)11-25(20)39-27-17(2)7-6-8-18(27)3/h6-8,11-15,34H,5,9-10,16H2,1-4H3,(H,32,37).